The van der Waals surface area contributed by atoms with Crippen LogP contribution in [-0.2, 0) is 35.8 Å². The van der Waals surface area contributed by atoms with Crippen molar-refractivity contribution < 1.29 is 19.1 Å². The van der Waals surface area contributed by atoms with Crippen LogP contribution in [0.4, 0.5) is 0 Å². The number of hydrogen-bond donors (Lipinski definition) is 0. The van der Waals surface area contributed by atoms with Gasteiger partial charge >= 0.3 is 11.9 Å². The first-order chi connectivity index (χ1) is 36.4. The Morgan fingerprint density at radius 3 is 1.28 bits per heavy atom. The van der Waals surface area contributed by atoms with E-state index in [1.54, 1.807) is 24.3 Å². The zero-order chi connectivity index (χ0) is 52.2. The van der Waals surface area contributed by atoms with E-state index in [0.717, 1.165) is 56.3 Å². The molecule has 0 unspecified atom stereocenters. The van der Waals surface area contributed by atoms with Crippen molar-refractivity contribution in [3.63, 3.8) is 0 Å². The number of benzene rings is 8. The van der Waals surface area contributed by atoms with Crippen LogP contribution in [0, 0.1) is 0 Å². The molecule has 0 aliphatic heterocycles. The molecular formula is C58H54B4BrN8O4. The fourth-order valence-electron chi connectivity index (χ4n) is 7.03. The van der Waals surface area contributed by atoms with Crippen molar-refractivity contribution in [3.05, 3.63) is 262 Å². The molecule has 0 aliphatic carbocycles. The quantitative estimate of drug-likeness (QED) is 0.0810. The average molecular weight is 1050 g/mol. The minimum Gasteiger partial charge on any atom is -0.457 e. The fraction of sp³-hybridized carbons (Fsp3) is 0.103. The van der Waals surface area contributed by atoms with Gasteiger partial charge in [0, 0.05) is 46.5 Å². The Kier molecular flexibility index (Phi) is 24.5. The highest BCUT2D eigenvalue weighted by atomic mass is 79.9. The first kappa shape index (κ1) is 57.5. The van der Waals surface area contributed by atoms with Crippen molar-refractivity contribution in [2.24, 2.45) is 0 Å². The molecule has 0 aliphatic rings. The van der Waals surface area contributed by atoms with Gasteiger partial charge in [0.25, 0.3) is 0 Å². The van der Waals surface area contributed by atoms with Crippen molar-refractivity contribution in [2.45, 2.75) is 41.2 Å². The molecule has 75 heavy (non-hydrogen) atoms. The second-order valence-corrected chi connectivity index (χ2v) is 16.5. The van der Waals surface area contributed by atoms with Gasteiger partial charge in [0.15, 0.2) is 11.6 Å². The molecule has 0 atom stereocenters. The van der Waals surface area contributed by atoms with E-state index in [1.807, 2.05) is 179 Å². The van der Waals surface area contributed by atoms with Gasteiger partial charge in [-0.05, 0) is 92.0 Å². The Bertz CT molecular complexity index is 3190. The zero-order valence-corrected chi connectivity index (χ0v) is 41.2. The second kappa shape index (κ2) is 31.9. The number of halogens is 1. The van der Waals surface area contributed by atoms with Crippen molar-refractivity contribution in [1.82, 2.24) is 40.4 Å². The lowest BCUT2D eigenvalue weighted by Gasteiger charge is -2.11. The molecule has 0 amide bonds. The van der Waals surface area contributed by atoms with Crippen LogP contribution in [0.15, 0.2) is 229 Å². The third-order valence-corrected chi connectivity index (χ3v) is 11.1. The number of tetrazole rings is 2. The Hall–Kier alpha value is -8.42. The molecule has 0 saturated carbocycles. The monoisotopic (exact) mass is 1050 g/mol. The van der Waals surface area contributed by atoms with Crippen molar-refractivity contribution >= 4 is 58.8 Å². The number of nitrogens with zero attached hydrogens (tertiary/aromatic N) is 8. The van der Waals surface area contributed by atoms with E-state index < -0.39 is 0 Å². The van der Waals surface area contributed by atoms with E-state index in [2.05, 4.69) is 101 Å². The van der Waals surface area contributed by atoms with Gasteiger partial charge in [-0.3, -0.25) is 0 Å². The molecule has 0 fully saturated rings. The normalized spacial score (nSPS) is 9.85. The van der Waals surface area contributed by atoms with Gasteiger partial charge in [-0.1, -0.05) is 219 Å². The lowest BCUT2D eigenvalue weighted by Crippen LogP contribution is -2.05. The average Bonchev–Trinajstić information content (AvgIpc) is 4.15. The molecule has 0 N–H and O–H groups in total. The molecule has 2 heterocycles. The maximum Gasteiger partial charge on any atom is 0.338 e. The lowest BCUT2D eigenvalue weighted by atomic mass is 9.40. The highest BCUT2D eigenvalue weighted by Gasteiger charge is 2.15. The molecule has 0 saturated heterocycles. The Morgan fingerprint density at radius 1 is 0.467 bits per heavy atom. The van der Waals surface area contributed by atoms with Gasteiger partial charge in [-0.2, -0.15) is 0 Å². The summed E-state index contributed by atoms with van der Waals surface area (Å²) < 4.78 is 20.5. The molecule has 369 valence electrons. The molecule has 7 radical (unpaired) electrons. The van der Waals surface area contributed by atoms with Gasteiger partial charge < -0.3 is 9.47 Å². The van der Waals surface area contributed by atoms with Crippen LogP contribution in [0.5, 0.6) is 0 Å². The lowest BCUT2D eigenvalue weighted by molar-refractivity contribution is 0.0464. The Balaban J connectivity index is 0.000000252. The summed E-state index contributed by atoms with van der Waals surface area (Å²) in [6, 6.07) is 71.9. The minimum atomic E-state index is -0.333. The van der Waals surface area contributed by atoms with Crippen molar-refractivity contribution in [1.29, 1.82) is 1.34 Å². The summed E-state index contributed by atoms with van der Waals surface area (Å²) in [5.41, 5.74) is 9.35. The van der Waals surface area contributed by atoms with E-state index >= 15 is 0 Å². The van der Waals surface area contributed by atoms with Crippen LogP contribution in [0.2, 0.25) is 0 Å². The molecule has 2 aromatic heterocycles. The predicted octanol–water partition coefficient (Wildman–Crippen LogP) is 11.1. The van der Waals surface area contributed by atoms with Crippen LogP contribution in [0.1, 0.15) is 57.8 Å². The summed E-state index contributed by atoms with van der Waals surface area (Å²) in [4.78, 5) is 23.9. The minimum absolute atomic E-state index is 0. The highest BCUT2D eigenvalue weighted by Crippen LogP contribution is 2.31. The van der Waals surface area contributed by atoms with Crippen LogP contribution >= 0.6 is 15.9 Å². The zero-order valence-electron chi connectivity index (χ0n) is 40.6. The molecule has 0 spiro atoms. The molecule has 10 rings (SSSR count). The summed E-state index contributed by atoms with van der Waals surface area (Å²) in [5.74, 6) is 0.869. The maximum absolute atomic E-state index is 12.2. The highest BCUT2D eigenvalue weighted by molar-refractivity contribution is 9.10. The molecule has 17 heteroatoms. The Labute approximate surface area is 454 Å². The van der Waals surface area contributed by atoms with E-state index in [4.69, 9.17) is 10.8 Å². The van der Waals surface area contributed by atoms with Gasteiger partial charge in [0.05, 0.1) is 24.2 Å². The largest absolute Gasteiger partial charge is 0.457 e. The van der Waals surface area contributed by atoms with Crippen molar-refractivity contribution in [3.8, 4) is 33.9 Å². The first-order valence-corrected chi connectivity index (χ1v) is 23.5. The molecule has 12 nitrogen and oxygen atoms in total. The van der Waals surface area contributed by atoms with Gasteiger partial charge in [-0.25, -0.2) is 19.0 Å². The van der Waals surface area contributed by atoms with Crippen LogP contribution < -0.4 is 0 Å². The maximum atomic E-state index is 12.2. The van der Waals surface area contributed by atoms with Crippen molar-refractivity contribution in [2.75, 3.05) is 0 Å². The molecular weight excluding hydrogens is 996 g/mol. The summed E-state index contributed by atoms with van der Waals surface area (Å²) >= 11 is 3.35. The number of rotatable bonds is 13. The van der Waals surface area contributed by atoms with Gasteiger partial charge in [0.1, 0.15) is 13.2 Å². The van der Waals surface area contributed by atoms with Gasteiger partial charge in [-0.15, -0.1) is 10.2 Å². The van der Waals surface area contributed by atoms with E-state index in [0.29, 0.717) is 36.6 Å². The van der Waals surface area contributed by atoms with E-state index in [9.17, 15) is 9.59 Å². The second-order valence-electron chi connectivity index (χ2n) is 15.6. The van der Waals surface area contributed by atoms with Crippen LogP contribution in [0.25, 0.3) is 33.9 Å². The summed E-state index contributed by atoms with van der Waals surface area (Å²) in [6.45, 7) is 1.77. The number of hydrogen-bond acceptors (Lipinski definition) is 10. The summed E-state index contributed by atoms with van der Waals surface area (Å²) in [5, 5.41) is 24.3. The summed E-state index contributed by atoms with van der Waals surface area (Å²) in [6.07, 6.45) is 0. The van der Waals surface area contributed by atoms with Crippen LogP contribution in [-0.4, -0.2) is 84.6 Å². The van der Waals surface area contributed by atoms with E-state index in [-0.39, 0.29) is 33.4 Å². The fourth-order valence-corrected chi connectivity index (χ4v) is 7.29. The van der Waals surface area contributed by atoms with Crippen LogP contribution in [0.3, 0.4) is 0 Å². The third kappa shape index (κ3) is 18.2. The third-order valence-electron chi connectivity index (χ3n) is 10.6. The number of carbonyl (C=O) groups is 2. The Morgan fingerprint density at radius 2 is 0.827 bits per heavy atom. The predicted molar refractivity (Wildman–Crippen MR) is 306 cm³/mol. The molecule has 0 bridgehead atoms. The molecule has 8 aromatic carbocycles. The SMILES string of the molecule is C.C.O=C(OCc1ccc(-c2ccccc2-c2nnnn2Cc2ccccc2)cc1)c1ccccc1.O=C(OCc1ccc(Br)cc1)c1ccccc1.[3H][B].[B][B][B].c1ccc(Cn2nnnc2-c2ccccc2)cc1. The standard InChI is InChI=1S/C28H22N4O2.C14H11BrO2.C14H12N4.2CH4.B3.BH/c33-28(24-11-5-2-6-12-24)34-20-22-15-17-23(18-16-22)25-13-7-8-14-26(25)27-29-30-31-32(27)19-21-9-3-1-4-10-21;15-13-8-6-11(7-9-13)10-17-14(16)12-4-2-1-3-5-12;1-3-7-12(8-4-1)11-18-14(15-16-17-18)13-9-5-2-6-10-13;;;1-3-2;/h1-18H,19-20H2;1-9H,10H2;1-10H,11H2;2*1H4;;1H/i;;;;;;1T. The summed E-state index contributed by atoms with van der Waals surface area (Å²) in [7, 11) is 13.8. The number of esters is 2. The van der Waals surface area contributed by atoms with E-state index in [1.165, 1.54) is 5.56 Å². The number of carbonyl (C=O) groups excluding carboxylic acids is 2. The number of ether oxygens (including phenoxy) is 2. The smallest absolute Gasteiger partial charge is 0.338 e. The molecule has 10 aromatic rings. The van der Waals surface area contributed by atoms with Gasteiger partial charge in [0.2, 0.25) is 0 Å². The first-order valence-electron chi connectivity index (χ1n) is 23.2. The number of aromatic nitrogens is 8. The topological polar surface area (TPSA) is 140 Å².